The van der Waals surface area contributed by atoms with Gasteiger partial charge in [0.05, 0.1) is 30.8 Å². The first-order chi connectivity index (χ1) is 14.7. The van der Waals surface area contributed by atoms with E-state index in [0.29, 0.717) is 35.9 Å². The van der Waals surface area contributed by atoms with Gasteiger partial charge < -0.3 is 19.9 Å². The zero-order valence-electron chi connectivity index (χ0n) is 16.6. The van der Waals surface area contributed by atoms with E-state index >= 15 is 0 Å². The minimum absolute atomic E-state index is 0.156. The Balaban J connectivity index is 1.41. The lowest BCUT2D eigenvalue weighted by molar-refractivity contribution is 0.122. The van der Waals surface area contributed by atoms with E-state index in [1.807, 2.05) is 6.20 Å². The number of aromatic nitrogens is 3. The molecule has 2 aliphatic rings. The maximum Gasteiger partial charge on any atom is 0.321 e. The molecular weight excluding hydrogens is 387 g/mol. The van der Waals surface area contributed by atoms with E-state index in [0.717, 1.165) is 44.7 Å². The van der Waals surface area contributed by atoms with E-state index in [1.165, 1.54) is 6.07 Å². The third-order valence-electron chi connectivity index (χ3n) is 5.56. The maximum absolute atomic E-state index is 14.6. The Morgan fingerprint density at radius 3 is 2.70 bits per heavy atom. The fourth-order valence-electron chi connectivity index (χ4n) is 3.91. The van der Waals surface area contributed by atoms with Crippen molar-refractivity contribution in [2.45, 2.75) is 12.8 Å². The number of halogens is 1. The van der Waals surface area contributed by atoms with E-state index in [2.05, 4.69) is 20.2 Å². The highest BCUT2D eigenvalue weighted by Gasteiger charge is 2.19. The Labute approximate surface area is 173 Å². The molecule has 1 aromatic carbocycles. The fraction of sp³-hybridized carbons (Fsp3) is 0.381. The van der Waals surface area contributed by atoms with E-state index in [4.69, 9.17) is 4.74 Å². The number of nitrogens with one attached hydrogen (secondary N) is 1. The molecule has 2 fully saturated rings. The summed E-state index contributed by atoms with van der Waals surface area (Å²) < 4.78 is 21.8. The number of carbonyl (C=O) groups is 1. The van der Waals surface area contributed by atoms with Gasteiger partial charge in [-0.05, 0) is 31.0 Å². The second-order valence-corrected chi connectivity index (χ2v) is 7.56. The predicted molar refractivity (Wildman–Crippen MR) is 111 cm³/mol. The molecule has 8 nitrogen and oxygen atoms in total. The van der Waals surface area contributed by atoms with Gasteiger partial charge >= 0.3 is 6.03 Å². The summed E-state index contributed by atoms with van der Waals surface area (Å²) in [7, 11) is 0. The molecule has 0 atom stereocenters. The smallest absolute Gasteiger partial charge is 0.321 e. The first-order valence-corrected chi connectivity index (χ1v) is 10.2. The molecule has 0 radical (unpaired) electrons. The molecule has 2 amide bonds. The van der Waals surface area contributed by atoms with Crippen molar-refractivity contribution >= 4 is 23.2 Å². The number of nitrogens with zero attached hydrogens (tertiary/aromatic N) is 5. The number of benzene rings is 1. The molecule has 0 spiro atoms. The van der Waals surface area contributed by atoms with Gasteiger partial charge in [0.2, 0.25) is 5.78 Å². The standard InChI is InChI=1S/C21H23FN6O2/c22-18-4-3-15(24-21(29)27-5-1-2-6-27)11-17(18)19-14-28-13-16(12-23-20(28)25-19)26-7-9-30-10-8-26/h3-4,11-14H,1-2,5-10H2,(H,24,29). The van der Waals surface area contributed by atoms with Gasteiger partial charge in [0.25, 0.3) is 0 Å². The summed E-state index contributed by atoms with van der Waals surface area (Å²) >= 11 is 0. The Bertz CT molecular complexity index is 1070. The van der Waals surface area contributed by atoms with Crippen LogP contribution >= 0.6 is 0 Å². The van der Waals surface area contributed by atoms with E-state index < -0.39 is 5.82 Å². The van der Waals surface area contributed by atoms with Crippen molar-refractivity contribution < 1.29 is 13.9 Å². The SMILES string of the molecule is O=C(Nc1ccc(F)c(-c2cn3cc(N4CCOCC4)cnc3n2)c1)N1CCCC1. The van der Waals surface area contributed by atoms with Crippen LogP contribution in [0.25, 0.3) is 17.0 Å². The van der Waals surface area contributed by atoms with Crippen LogP contribution in [-0.4, -0.2) is 64.7 Å². The maximum atomic E-state index is 14.6. The summed E-state index contributed by atoms with van der Waals surface area (Å²) in [6, 6.07) is 4.38. The van der Waals surface area contributed by atoms with Gasteiger partial charge in [0.15, 0.2) is 0 Å². The van der Waals surface area contributed by atoms with Crippen molar-refractivity contribution in [1.82, 2.24) is 19.3 Å². The number of carbonyl (C=O) groups excluding carboxylic acids is 1. The molecule has 0 bridgehead atoms. The largest absolute Gasteiger partial charge is 0.378 e. The molecule has 9 heteroatoms. The van der Waals surface area contributed by atoms with Crippen molar-refractivity contribution in [2.24, 2.45) is 0 Å². The quantitative estimate of drug-likeness (QED) is 0.719. The molecule has 0 saturated carbocycles. The molecular formula is C21H23FN6O2. The van der Waals surface area contributed by atoms with Crippen molar-refractivity contribution in [3.05, 3.63) is 42.6 Å². The third-order valence-corrected chi connectivity index (χ3v) is 5.56. The van der Waals surface area contributed by atoms with Crippen LogP contribution in [0.2, 0.25) is 0 Å². The van der Waals surface area contributed by atoms with Crippen molar-refractivity contribution in [2.75, 3.05) is 49.6 Å². The number of morpholine rings is 1. The molecule has 0 aliphatic carbocycles. The minimum Gasteiger partial charge on any atom is -0.378 e. The average molecular weight is 410 g/mol. The normalized spacial score (nSPS) is 17.0. The average Bonchev–Trinajstić information content (AvgIpc) is 3.45. The number of urea groups is 1. The van der Waals surface area contributed by atoms with Gasteiger partial charge in [-0.1, -0.05) is 0 Å². The van der Waals surface area contributed by atoms with Crippen LogP contribution in [0.5, 0.6) is 0 Å². The van der Waals surface area contributed by atoms with Gasteiger partial charge in [-0.2, -0.15) is 0 Å². The first kappa shape index (κ1) is 18.8. The van der Waals surface area contributed by atoms with Gasteiger partial charge in [0, 0.05) is 49.8 Å². The van der Waals surface area contributed by atoms with Crippen molar-refractivity contribution in [3.8, 4) is 11.3 Å². The summed E-state index contributed by atoms with van der Waals surface area (Å²) in [4.78, 5) is 25.2. The Kier molecular flexibility index (Phi) is 4.96. The lowest BCUT2D eigenvalue weighted by atomic mass is 10.1. The van der Waals surface area contributed by atoms with Crippen LogP contribution in [0.3, 0.4) is 0 Å². The fourth-order valence-corrected chi connectivity index (χ4v) is 3.91. The minimum atomic E-state index is -0.397. The van der Waals surface area contributed by atoms with E-state index in [1.54, 1.807) is 33.8 Å². The van der Waals surface area contributed by atoms with Crippen LogP contribution in [0.15, 0.2) is 36.8 Å². The summed E-state index contributed by atoms with van der Waals surface area (Å²) in [5.41, 5.74) is 2.31. The molecule has 0 unspecified atom stereocenters. The molecule has 156 valence electrons. The second-order valence-electron chi connectivity index (χ2n) is 7.56. The second kappa shape index (κ2) is 7.91. The van der Waals surface area contributed by atoms with Gasteiger partial charge in [-0.25, -0.2) is 19.2 Å². The van der Waals surface area contributed by atoms with Crippen LogP contribution in [0.1, 0.15) is 12.8 Å². The lowest BCUT2D eigenvalue weighted by Crippen LogP contribution is -2.36. The van der Waals surface area contributed by atoms with Gasteiger partial charge in [-0.15, -0.1) is 0 Å². The summed E-state index contributed by atoms with van der Waals surface area (Å²) in [6.45, 7) is 4.50. The van der Waals surface area contributed by atoms with Gasteiger partial charge in [-0.3, -0.25) is 4.40 Å². The first-order valence-electron chi connectivity index (χ1n) is 10.2. The number of anilines is 2. The number of amides is 2. The highest BCUT2D eigenvalue weighted by molar-refractivity contribution is 5.90. The Morgan fingerprint density at radius 1 is 1.10 bits per heavy atom. The zero-order chi connectivity index (χ0) is 20.5. The molecule has 1 N–H and O–H groups in total. The molecule has 4 heterocycles. The van der Waals surface area contributed by atoms with Crippen LogP contribution < -0.4 is 10.2 Å². The predicted octanol–water partition coefficient (Wildman–Crippen LogP) is 3.00. The zero-order valence-corrected chi connectivity index (χ0v) is 16.6. The molecule has 2 aliphatic heterocycles. The lowest BCUT2D eigenvalue weighted by Gasteiger charge is -2.28. The number of ether oxygens (including phenoxy) is 1. The van der Waals surface area contributed by atoms with E-state index in [9.17, 15) is 9.18 Å². The number of imidazole rings is 1. The van der Waals surface area contributed by atoms with Gasteiger partial charge in [0.1, 0.15) is 5.82 Å². The molecule has 2 aromatic heterocycles. The Hall–Kier alpha value is -3.20. The highest BCUT2D eigenvalue weighted by atomic mass is 19.1. The summed E-state index contributed by atoms with van der Waals surface area (Å²) in [5.74, 6) is 0.0962. The highest BCUT2D eigenvalue weighted by Crippen LogP contribution is 2.27. The number of rotatable bonds is 3. The molecule has 2 saturated heterocycles. The van der Waals surface area contributed by atoms with Crippen LogP contribution in [0, 0.1) is 5.82 Å². The Morgan fingerprint density at radius 2 is 1.90 bits per heavy atom. The number of fused-ring (bicyclic) bond motifs is 1. The molecule has 5 rings (SSSR count). The summed E-state index contributed by atoms with van der Waals surface area (Å²) in [5, 5.41) is 2.86. The summed E-state index contributed by atoms with van der Waals surface area (Å²) in [6.07, 6.45) is 7.52. The molecule has 3 aromatic rings. The van der Waals surface area contributed by atoms with Crippen molar-refractivity contribution in [3.63, 3.8) is 0 Å². The molecule has 30 heavy (non-hydrogen) atoms. The topological polar surface area (TPSA) is 75.0 Å². The van der Waals surface area contributed by atoms with E-state index in [-0.39, 0.29) is 6.03 Å². The third kappa shape index (κ3) is 3.68. The van der Waals surface area contributed by atoms with Crippen LogP contribution in [0.4, 0.5) is 20.6 Å². The van der Waals surface area contributed by atoms with Crippen molar-refractivity contribution in [1.29, 1.82) is 0 Å². The number of likely N-dealkylation sites (tertiary alicyclic amines) is 1. The number of hydrogen-bond acceptors (Lipinski definition) is 5. The number of hydrogen-bond donors (Lipinski definition) is 1. The van der Waals surface area contributed by atoms with Crippen LogP contribution in [-0.2, 0) is 4.74 Å². The monoisotopic (exact) mass is 410 g/mol.